The fourth-order valence-electron chi connectivity index (χ4n) is 2.30. The van der Waals surface area contributed by atoms with Crippen LogP contribution in [0.25, 0.3) is 0 Å². The van der Waals surface area contributed by atoms with Crippen LogP contribution in [0.5, 0.6) is 0 Å². The fraction of sp³-hybridized carbons (Fsp3) is 0.917. The molecule has 16 heavy (non-hydrogen) atoms. The molecule has 0 aromatic carbocycles. The van der Waals surface area contributed by atoms with Crippen LogP contribution >= 0.6 is 0 Å². The molecule has 0 spiro atoms. The smallest absolute Gasteiger partial charge is 0.237 e. The molecule has 0 bridgehead atoms. The minimum absolute atomic E-state index is 0.0310. The van der Waals surface area contributed by atoms with E-state index in [0.717, 1.165) is 19.4 Å². The summed E-state index contributed by atoms with van der Waals surface area (Å²) in [7, 11) is 0. The van der Waals surface area contributed by atoms with Gasteiger partial charge in [-0.05, 0) is 45.6 Å². The molecule has 0 radical (unpaired) electrons. The summed E-state index contributed by atoms with van der Waals surface area (Å²) in [6.07, 6.45) is 2.49. The minimum Gasteiger partial charge on any atom is -0.393 e. The fourth-order valence-corrected chi connectivity index (χ4v) is 2.30. The lowest BCUT2D eigenvalue weighted by Gasteiger charge is -2.30. The van der Waals surface area contributed by atoms with Crippen LogP contribution in [0.2, 0.25) is 0 Å². The van der Waals surface area contributed by atoms with Crippen LogP contribution in [0.1, 0.15) is 40.0 Å². The number of carbonyl (C=O) groups excluding carboxylic acids is 1. The summed E-state index contributed by atoms with van der Waals surface area (Å²) in [5.41, 5.74) is 0. The number of aliphatic hydroxyl groups is 1. The number of aliphatic hydroxyl groups excluding tert-OH is 1. The van der Waals surface area contributed by atoms with Crippen LogP contribution in [0, 0.1) is 5.92 Å². The standard InChI is InChI=1S/C12H24N2O2/c1-8-5-4-6-13-11(8)12(16)14-9(2)7-10(3)15/h8-11,13,15H,4-7H2,1-3H3,(H,14,16). The topological polar surface area (TPSA) is 61.4 Å². The summed E-state index contributed by atoms with van der Waals surface area (Å²) in [5, 5.41) is 15.4. The predicted molar refractivity (Wildman–Crippen MR) is 64.1 cm³/mol. The summed E-state index contributed by atoms with van der Waals surface area (Å²) in [6, 6.07) is -0.0337. The number of piperidine rings is 1. The molecule has 4 unspecified atom stereocenters. The maximum Gasteiger partial charge on any atom is 0.237 e. The first kappa shape index (κ1) is 13.5. The Bertz CT molecular complexity index is 231. The van der Waals surface area contributed by atoms with Crippen molar-refractivity contribution in [2.45, 2.75) is 58.2 Å². The van der Waals surface area contributed by atoms with Crippen molar-refractivity contribution >= 4 is 5.91 Å². The maximum absolute atomic E-state index is 11.9. The van der Waals surface area contributed by atoms with Gasteiger partial charge in [-0.3, -0.25) is 4.79 Å². The van der Waals surface area contributed by atoms with Gasteiger partial charge in [-0.1, -0.05) is 6.92 Å². The van der Waals surface area contributed by atoms with Crippen molar-refractivity contribution in [1.29, 1.82) is 0 Å². The second kappa shape index (κ2) is 6.21. The van der Waals surface area contributed by atoms with Gasteiger partial charge in [-0.2, -0.15) is 0 Å². The monoisotopic (exact) mass is 228 g/mol. The Morgan fingerprint density at radius 3 is 2.81 bits per heavy atom. The molecule has 0 aliphatic carbocycles. The molecule has 1 aliphatic rings. The first-order chi connectivity index (χ1) is 7.50. The van der Waals surface area contributed by atoms with Gasteiger partial charge in [0.25, 0.3) is 0 Å². The average Bonchev–Trinajstić information content (AvgIpc) is 2.16. The van der Waals surface area contributed by atoms with Crippen LogP contribution in [-0.2, 0) is 4.79 Å². The van der Waals surface area contributed by atoms with Gasteiger partial charge in [0, 0.05) is 6.04 Å². The van der Waals surface area contributed by atoms with Crippen molar-refractivity contribution in [3.8, 4) is 0 Å². The Labute approximate surface area is 97.8 Å². The number of hydrogen-bond acceptors (Lipinski definition) is 3. The van der Waals surface area contributed by atoms with E-state index in [9.17, 15) is 9.90 Å². The molecule has 4 heteroatoms. The van der Waals surface area contributed by atoms with E-state index in [1.54, 1.807) is 6.92 Å². The van der Waals surface area contributed by atoms with Gasteiger partial charge >= 0.3 is 0 Å². The molecule has 0 saturated carbocycles. The highest BCUT2D eigenvalue weighted by Gasteiger charge is 2.27. The number of carbonyl (C=O) groups is 1. The van der Waals surface area contributed by atoms with E-state index < -0.39 is 0 Å². The lowest BCUT2D eigenvalue weighted by atomic mass is 9.92. The molecular weight excluding hydrogens is 204 g/mol. The largest absolute Gasteiger partial charge is 0.393 e. The molecule has 3 N–H and O–H groups in total. The number of amides is 1. The second-order valence-corrected chi connectivity index (χ2v) is 5.05. The quantitative estimate of drug-likeness (QED) is 0.662. The third kappa shape index (κ3) is 4.10. The molecule has 1 rings (SSSR count). The van der Waals surface area contributed by atoms with Gasteiger partial charge in [0.2, 0.25) is 5.91 Å². The molecule has 1 amide bonds. The summed E-state index contributed by atoms with van der Waals surface area (Å²) < 4.78 is 0. The van der Waals surface area contributed by atoms with Crippen molar-refractivity contribution in [2.75, 3.05) is 6.54 Å². The maximum atomic E-state index is 11.9. The Hall–Kier alpha value is -0.610. The highest BCUT2D eigenvalue weighted by molar-refractivity contribution is 5.82. The summed E-state index contributed by atoms with van der Waals surface area (Å²) in [4.78, 5) is 11.9. The van der Waals surface area contributed by atoms with Gasteiger partial charge in [0.1, 0.15) is 0 Å². The number of rotatable bonds is 4. The highest BCUT2D eigenvalue weighted by atomic mass is 16.3. The highest BCUT2D eigenvalue weighted by Crippen LogP contribution is 2.15. The molecule has 0 aromatic heterocycles. The van der Waals surface area contributed by atoms with E-state index in [2.05, 4.69) is 17.6 Å². The Kier molecular flexibility index (Phi) is 5.22. The third-order valence-corrected chi connectivity index (χ3v) is 3.14. The number of nitrogens with one attached hydrogen (secondary N) is 2. The third-order valence-electron chi connectivity index (χ3n) is 3.14. The van der Waals surface area contributed by atoms with Gasteiger partial charge in [0.05, 0.1) is 12.1 Å². The molecule has 1 saturated heterocycles. The Balaban J connectivity index is 2.38. The van der Waals surface area contributed by atoms with E-state index in [1.165, 1.54) is 0 Å². The molecule has 1 aliphatic heterocycles. The predicted octanol–water partition coefficient (Wildman–Crippen LogP) is 0.650. The van der Waals surface area contributed by atoms with E-state index >= 15 is 0 Å². The molecule has 4 nitrogen and oxygen atoms in total. The van der Waals surface area contributed by atoms with E-state index in [1.807, 2.05) is 6.92 Å². The normalized spacial score (nSPS) is 29.5. The molecule has 1 fully saturated rings. The first-order valence-corrected chi connectivity index (χ1v) is 6.22. The Morgan fingerprint density at radius 1 is 1.56 bits per heavy atom. The first-order valence-electron chi connectivity index (χ1n) is 6.22. The molecule has 0 aromatic rings. The zero-order chi connectivity index (χ0) is 12.1. The van der Waals surface area contributed by atoms with E-state index in [4.69, 9.17) is 0 Å². The minimum atomic E-state index is -0.368. The molecular formula is C12H24N2O2. The SMILES string of the molecule is CC(O)CC(C)NC(=O)C1NCCCC1C. The zero-order valence-electron chi connectivity index (χ0n) is 10.5. The summed E-state index contributed by atoms with van der Waals surface area (Å²) >= 11 is 0. The lowest BCUT2D eigenvalue weighted by molar-refractivity contribution is -0.125. The van der Waals surface area contributed by atoms with Crippen LogP contribution in [0.3, 0.4) is 0 Å². The van der Waals surface area contributed by atoms with Crippen molar-refractivity contribution in [1.82, 2.24) is 10.6 Å². The van der Waals surface area contributed by atoms with Crippen LogP contribution in [0.4, 0.5) is 0 Å². The second-order valence-electron chi connectivity index (χ2n) is 5.05. The van der Waals surface area contributed by atoms with Crippen molar-refractivity contribution in [3.05, 3.63) is 0 Å². The van der Waals surface area contributed by atoms with Gasteiger partial charge in [0.15, 0.2) is 0 Å². The molecule has 94 valence electrons. The van der Waals surface area contributed by atoms with E-state index in [-0.39, 0.29) is 24.1 Å². The van der Waals surface area contributed by atoms with Gasteiger partial charge in [-0.25, -0.2) is 0 Å². The Morgan fingerprint density at radius 2 is 2.25 bits per heavy atom. The van der Waals surface area contributed by atoms with Crippen LogP contribution in [-0.4, -0.2) is 35.7 Å². The van der Waals surface area contributed by atoms with Crippen molar-refractivity contribution in [3.63, 3.8) is 0 Å². The molecule has 4 atom stereocenters. The summed E-state index contributed by atoms with van der Waals surface area (Å²) in [6.45, 7) is 6.70. The molecule has 1 heterocycles. The number of hydrogen-bond donors (Lipinski definition) is 3. The van der Waals surface area contributed by atoms with Gasteiger partial charge in [-0.15, -0.1) is 0 Å². The van der Waals surface area contributed by atoms with Crippen LogP contribution < -0.4 is 10.6 Å². The lowest BCUT2D eigenvalue weighted by Crippen LogP contribution is -2.52. The van der Waals surface area contributed by atoms with Crippen molar-refractivity contribution in [2.24, 2.45) is 5.92 Å². The van der Waals surface area contributed by atoms with Crippen molar-refractivity contribution < 1.29 is 9.90 Å². The average molecular weight is 228 g/mol. The van der Waals surface area contributed by atoms with Crippen LogP contribution in [0.15, 0.2) is 0 Å². The summed E-state index contributed by atoms with van der Waals surface area (Å²) in [5.74, 6) is 0.466. The van der Waals surface area contributed by atoms with E-state index in [0.29, 0.717) is 12.3 Å². The van der Waals surface area contributed by atoms with Gasteiger partial charge < -0.3 is 15.7 Å². The zero-order valence-corrected chi connectivity index (χ0v) is 10.5.